The summed E-state index contributed by atoms with van der Waals surface area (Å²) in [6.45, 7) is 6.75. The van der Waals surface area contributed by atoms with Gasteiger partial charge in [0.25, 0.3) is 0 Å². The van der Waals surface area contributed by atoms with Gasteiger partial charge in [0.1, 0.15) is 17.1 Å². The van der Waals surface area contributed by atoms with Crippen molar-refractivity contribution in [1.82, 2.24) is 24.3 Å². The van der Waals surface area contributed by atoms with E-state index in [4.69, 9.17) is 21.3 Å². The van der Waals surface area contributed by atoms with E-state index in [-0.39, 0.29) is 5.91 Å². The zero-order chi connectivity index (χ0) is 26.9. The van der Waals surface area contributed by atoms with Gasteiger partial charge in [0.2, 0.25) is 11.9 Å². The van der Waals surface area contributed by atoms with Crippen LogP contribution in [0.2, 0.25) is 5.02 Å². The first-order valence-corrected chi connectivity index (χ1v) is 13.6. The van der Waals surface area contributed by atoms with E-state index in [2.05, 4.69) is 37.2 Å². The highest BCUT2D eigenvalue weighted by molar-refractivity contribution is 6.32. The molecule has 3 aromatic heterocycles. The van der Waals surface area contributed by atoms with Crippen LogP contribution in [0.1, 0.15) is 19.8 Å². The number of methoxy groups -OCH3 is 1. The fourth-order valence-electron chi connectivity index (χ4n) is 5.30. The highest BCUT2D eigenvalue weighted by Crippen LogP contribution is 2.34. The third kappa shape index (κ3) is 5.04. The molecule has 39 heavy (non-hydrogen) atoms. The standard InChI is InChI=1S/C28H31ClN8O2/c1-19(38)34-11-13-36(14-12-34)20-5-6-23(25(15-20)39-2)32-28-31-17-22(29)27(33-28)24-18-30-26-16-21(7-10-37(24)26)35-8-3-4-9-35/h5-7,10,15-18H,3-4,8-9,11-14H2,1-2H3,(H,31,32,33). The highest BCUT2D eigenvalue weighted by Gasteiger charge is 2.21. The number of carbonyl (C=O) groups is 1. The fourth-order valence-corrected chi connectivity index (χ4v) is 5.49. The summed E-state index contributed by atoms with van der Waals surface area (Å²) in [7, 11) is 1.64. The second kappa shape index (κ2) is 10.6. The molecule has 4 aromatic rings. The monoisotopic (exact) mass is 546 g/mol. The van der Waals surface area contributed by atoms with Gasteiger partial charge < -0.3 is 24.8 Å². The van der Waals surface area contributed by atoms with Crippen LogP contribution in [0.4, 0.5) is 23.0 Å². The maximum Gasteiger partial charge on any atom is 0.227 e. The van der Waals surface area contributed by atoms with Crippen molar-refractivity contribution in [2.75, 3.05) is 61.5 Å². The van der Waals surface area contributed by atoms with Crippen LogP contribution in [0.5, 0.6) is 5.75 Å². The summed E-state index contributed by atoms with van der Waals surface area (Å²) >= 11 is 6.56. The number of piperazine rings is 1. The number of nitrogens with one attached hydrogen (secondary N) is 1. The van der Waals surface area contributed by atoms with Crippen molar-refractivity contribution in [3.63, 3.8) is 0 Å². The average Bonchev–Trinajstić information content (AvgIpc) is 3.65. The van der Waals surface area contributed by atoms with Crippen LogP contribution in [0.25, 0.3) is 17.0 Å². The van der Waals surface area contributed by atoms with E-state index < -0.39 is 0 Å². The van der Waals surface area contributed by atoms with Crippen molar-refractivity contribution in [2.24, 2.45) is 0 Å². The summed E-state index contributed by atoms with van der Waals surface area (Å²) in [5, 5.41) is 3.73. The first-order chi connectivity index (χ1) is 19.0. The molecule has 0 bridgehead atoms. The number of fused-ring (bicyclic) bond motifs is 1. The number of amides is 1. The minimum atomic E-state index is 0.116. The summed E-state index contributed by atoms with van der Waals surface area (Å²) in [5.74, 6) is 1.19. The smallest absolute Gasteiger partial charge is 0.227 e. The zero-order valence-electron chi connectivity index (χ0n) is 22.1. The van der Waals surface area contributed by atoms with Gasteiger partial charge in [-0.1, -0.05) is 11.6 Å². The number of halogens is 1. The average molecular weight is 547 g/mol. The molecule has 0 radical (unpaired) electrons. The van der Waals surface area contributed by atoms with E-state index in [1.54, 1.807) is 26.4 Å². The van der Waals surface area contributed by atoms with Crippen LogP contribution in [0.15, 0.2) is 48.9 Å². The van der Waals surface area contributed by atoms with Gasteiger partial charge in [-0.25, -0.2) is 15.0 Å². The molecule has 202 valence electrons. The van der Waals surface area contributed by atoms with Gasteiger partial charge in [0.15, 0.2) is 0 Å². The van der Waals surface area contributed by atoms with Gasteiger partial charge in [-0.2, -0.15) is 0 Å². The van der Waals surface area contributed by atoms with Crippen LogP contribution in [0.3, 0.4) is 0 Å². The van der Waals surface area contributed by atoms with Gasteiger partial charge in [0.05, 0.1) is 35.9 Å². The van der Waals surface area contributed by atoms with Crippen molar-refractivity contribution in [2.45, 2.75) is 19.8 Å². The molecule has 0 saturated carbocycles. The third-order valence-electron chi connectivity index (χ3n) is 7.48. The van der Waals surface area contributed by atoms with Gasteiger partial charge in [0, 0.05) is 75.9 Å². The van der Waals surface area contributed by atoms with Gasteiger partial charge in [-0.15, -0.1) is 0 Å². The molecule has 0 unspecified atom stereocenters. The van der Waals surface area contributed by atoms with Crippen molar-refractivity contribution in [1.29, 1.82) is 0 Å². The van der Waals surface area contributed by atoms with Crippen LogP contribution in [-0.2, 0) is 4.79 Å². The molecule has 0 spiro atoms. The highest BCUT2D eigenvalue weighted by atomic mass is 35.5. The van der Waals surface area contributed by atoms with E-state index in [0.717, 1.165) is 48.9 Å². The Bertz CT molecular complexity index is 1510. The summed E-state index contributed by atoms with van der Waals surface area (Å²) in [5.41, 5.74) is 5.20. The molecular weight excluding hydrogens is 516 g/mol. The molecule has 5 heterocycles. The predicted octanol–water partition coefficient (Wildman–Crippen LogP) is 4.47. The molecule has 1 N–H and O–H groups in total. The van der Waals surface area contributed by atoms with Gasteiger partial charge in [-0.05, 0) is 31.0 Å². The lowest BCUT2D eigenvalue weighted by molar-refractivity contribution is -0.129. The van der Waals surface area contributed by atoms with Crippen LogP contribution >= 0.6 is 11.6 Å². The maximum absolute atomic E-state index is 11.7. The summed E-state index contributed by atoms with van der Waals surface area (Å²) in [4.78, 5) is 32.0. The number of imidazole rings is 1. The molecule has 0 atom stereocenters. The van der Waals surface area contributed by atoms with Crippen molar-refractivity contribution in [3.05, 3.63) is 53.9 Å². The normalized spacial score (nSPS) is 15.7. The SMILES string of the molecule is COc1cc(N2CCN(C(C)=O)CC2)ccc1Nc1ncc(Cl)c(-c2cnc3cc(N4CCCC4)ccn23)n1. The van der Waals surface area contributed by atoms with Crippen molar-refractivity contribution >= 4 is 46.2 Å². The lowest BCUT2D eigenvalue weighted by atomic mass is 10.2. The van der Waals surface area contributed by atoms with Crippen LogP contribution in [-0.4, -0.2) is 76.5 Å². The molecule has 2 aliphatic heterocycles. The molecule has 2 aliphatic rings. The largest absolute Gasteiger partial charge is 0.494 e. The lowest BCUT2D eigenvalue weighted by Crippen LogP contribution is -2.48. The lowest BCUT2D eigenvalue weighted by Gasteiger charge is -2.35. The number of ether oxygens (including phenoxy) is 1. The Hall–Kier alpha value is -4.05. The van der Waals surface area contributed by atoms with Crippen molar-refractivity contribution < 1.29 is 9.53 Å². The number of hydrogen-bond donors (Lipinski definition) is 1. The Balaban J connectivity index is 1.24. The Kier molecular flexibility index (Phi) is 6.86. The number of pyridine rings is 1. The number of aromatic nitrogens is 4. The maximum atomic E-state index is 11.7. The van der Waals surface area contributed by atoms with E-state index in [1.165, 1.54) is 18.5 Å². The van der Waals surface area contributed by atoms with E-state index in [9.17, 15) is 4.79 Å². The number of rotatable bonds is 6. The molecule has 1 amide bonds. The number of hydrogen-bond acceptors (Lipinski definition) is 8. The fraction of sp³-hybridized carbons (Fsp3) is 0.357. The molecule has 2 fully saturated rings. The number of anilines is 4. The quantitative estimate of drug-likeness (QED) is 0.379. The topological polar surface area (TPSA) is 91.1 Å². The molecule has 0 aliphatic carbocycles. The summed E-state index contributed by atoms with van der Waals surface area (Å²) < 4.78 is 7.69. The first kappa shape index (κ1) is 25.2. The molecule has 11 heteroatoms. The minimum Gasteiger partial charge on any atom is -0.494 e. The summed E-state index contributed by atoms with van der Waals surface area (Å²) in [6, 6.07) is 10.2. The first-order valence-electron chi connectivity index (χ1n) is 13.2. The van der Waals surface area contributed by atoms with Crippen LogP contribution in [0, 0.1) is 0 Å². The molecular formula is C28H31ClN8O2. The van der Waals surface area contributed by atoms with Crippen molar-refractivity contribution in [3.8, 4) is 17.1 Å². The molecule has 1 aromatic carbocycles. The Morgan fingerprint density at radius 3 is 2.44 bits per heavy atom. The predicted molar refractivity (Wildman–Crippen MR) is 153 cm³/mol. The molecule has 6 rings (SSSR count). The zero-order valence-corrected chi connectivity index (χ0v) is 22.9. The molecule has 10 nitrogen and oxygen atoms in total. The number of carbonyl (C=O) groups excluding carboxylic acids is 1. The Morgan fingerprint density at radius 1 is 0.949 bits per heavy atom. The second-order valence-electron chi connectivity index (χ2n) is 9.84. The third-order valence-corrected chi connectivity index (χ3v) is 7.75. The van der Waals surface area contributed by atoms with E-state index >= 15 is 0 Å². The second-order valence-corrected chi connectivity index (χ2v) is 10.3. The van der Waals surface area contributed by atoms with Crippen LogP contribution < -0.4 is 19.9 Å². The molecule has 2 saturated heterocycles. The van der Waals surface area contributed by atoms with Gasteiger partial charge in [-0.3, -0.25) is 9.20 Å². The van der Waals surface area contributed by atoms with E-state index in [0.29, 0.717) is 35.5 Å². The Labute approximate surface area is 232 Å². The Morgan fingerprint density at radius 2 is 1.69 bits per heavy atom. The number of nitrogens with zero attached hydrogens (tertiary/aromatic N) is 7. The number of benzene rings is 1. The van der Waals surface area contributed by atoms with E-state index in [1.807, 2.05) is 33.7 Å². The minimum absolute atomic E-state index is 0.116. The van der Waals surface area contributed by atoms with Gasteiger partial charge >= 0.3 is 0 Å². The summed E-state index contributed by atoms with van der Waals surface area (Å²) in [6.07, 6.45) is 7.86.